The number of aryl methyl sites for hydroxylation is 1. The predicted molar refractivity (Wildman–Crippen MR) is 158 cm³/mol. The van der Waals surface area contributed by atoms with E-state index in [9.17, 15) is 0 Å². The number of para-hydroxylation sites is 1. The Morgan fingerprint density at radius 3 is 2.44 bits per heavy atom. The molecule has 0 unspecified atom stereocenters. The van der Waals surface area contributed by atoms with Crippen molar-refractivity contribution >= 4 is 49.3 Å². The molecule has 0 atom stereocenters. The Bertz CT molecular complexity index is 1890. The summed E-state index contributed by atoms with van der Waals surface area (Å²) < 4.78 is 3.77. The number of hydrogen-bond donors (Lipinski definition) is 0. The first kappa shape index (κ1) is 21.4. The van der Waals surface area contributed by atoms with Gasteiger partial charge in [-0.2, -0.15) is 0 Å². The summed E-state index contributed by atoms with van der Waals surface area (Å²) in [6.07, 6.45) is 6.06. The molecule has 0 aliphatic heterocycles. The second-order valence-corrected chi connectivity index (χ2v) is 11.5. The van der Waals surface area contributed by atoms with Crippen molar-refractivity contribution in [1.82, 2.24) is 4.57 Å². The lowest BCUT2D eigenvalue weighted by atomic mass is 9.82. The first-order valence-electron chi connectivity index (χ1n) is 12.5. The number of nitrogens with zero attached hydrogens (tertiary/aromatic N) is 1. The number of rotatable bonds is 3. The Morgan fingerprint density at radius 1 is 0.778 bits per heavy atom. The molecular formula is C34H27NS. The summed E-state index contributed by atoms with van der Waals surface area (Å²) in [5, 5.41) is 3.91. The fraction of sp³-hybridized carbons (Fsp3) is 0.118. The second-order valence-electron chi connectivity index (χ2n) is 10.3. The van der Waals surface area contributed by atoms with Crippen molar-refractivity contribution < 1.29 is 0 Å². The van der Waals surface area contributed by atoms with Crippen LogP contribution in [0, 0.1) is 6.92 Å². The summed E-state index contributed by atoms with van der Waals surface area (Å²) in [6.45, 7) is 10.8. The van der Waals surface area contributed by atoms with E-state index in [1.807, 2.05) is 23.5 Å². The maximum absolute atomic E-state index is 3.86. The van der Waals surface area contributed by atoms with Crippen molar-refractivity contribution in [2.75, 3.05) is 0 Å². The van der Waals surface area contributed by atoms with Gasteiger partial charge in [0, 0.05) is 36.8 Å². The van der Waals surface area contributed by atoms with Gasteiger partial charge in [-0.15, -0.1) is 11.3 Å². The van der Waals surface area contributed by atoms with Gasteiger partial charge >= 0.3 is 0 Å². The van der Waals surface area contributed by atoms with E-state index in [1.165, 1.54) is 70.3 Å². The minimum absolute atomic E-state index is 0.0293. The molecule has 1 aliphatic carbocycles. The molecule has 1 nitrogen and oxygen atoms in total. The van der Waals surface area contributed by atoms with Crippen LogP contribution in [0.4, 0.5) is 0 Å². The Labute approximate surface area is 215 Å². The van der Waals surface area contributed by atoms with Gasteiger partial charge in [-0.3, -0.25) is 0 Å². The maximum Gasteiger partial charge on any atom is 0.0544 e. The number of benzene rings is 4. The molecule has 0 amide bonds. The number of thiophene rings is 1. The highest BCUT2D eigenvalue weighted by atomic mass is 32.1. The Morgan fingerprint density at radius 2 is 1.58 bits per heavy atom. The van der Waals surface area contributed by atoms with Crippen LogP contribution >= 0.6 is 11.3 Å². The van der Waals surface area contributed by atoms with Gasteiger partial charge in [-0.1, -0.05) is 81.1 Å². The summed E-state index contributed by atoms with van der Waals surface area (Å²) in [6, 6.07) is 29.5. The predicted octanol–water partition coefficient (Wildman–Crippen LogP) is 9.81. The van der Waals surface area contributed by atoms with E-state index in [1.54, 1.807) is 0 Å². The number of allylic oxidation sites excluding steroid dienone is 2. The fourth-order valence-corrected chi connectivity index (χ4v) is 7.21. The van der Waals surface area contributed by atoms with E-state index in [0.29, 0.717) is 0 Å². The quantitative estimate of drug-likeness (QED) is 0.222. The van der Waals surface area contributed by atoms with E-state index >= 15 is 0 Å². The highest BCUT2D eigenvalue weighted by Crippen LogP contribution is 2.51. The number of hydrogen-bond acceptors (Lipinski definition) is 1. The number of fused-ring (bicyclic) bond motifs is 7. The molecule has 2 heterocycles. The van der Waals surface area contributed by atoms with Crippen LogP contribution in [0.2, 0.25) is 0 Å². The SMILES string of the molecule is C=C/C=C\c1c(C)sc2ccc(-n3c4ccccc4c4cc5c(cc43)C(C)(C)c3ccccc3-5)cc12. The summed E-state index contributed by atoms with van der Waals surface area (Å²) in [5.41, 5.74) is 10.5. The van der Waals surface area contributed by atoms with Crippen molar-refractivity contribution in [1.29, 1.82) is 0 Å². The molecule has 2 heteroatoms. The molecule has 36 heavy (non-hydrogen) atoms. The van der Waals surface area contributed by atoms with Gasteiger partial charge in [0.2, 0.25) is 0 Å². The molecule has 174 valence electrons. The molecule has 4 aromatic carbocycles. The first-order valence-corrected chi connectivity index (χ1v) is 13.3. The zero-order valence-electron chi connectivity index (χ0n) is 20.8. The van der Waals surface area contributed by atoms with Crippen molar-refractivity contribution in [2.45, 2.75) is 26.2 Å². The van der Waals surface area contributed by atoms with Crippen molar-refractivity contribution in [3.8, 4) is 16.8 Å². The summed E-state index contributed by atoms with van der Waals surface area (Å²) >= 11 is 1.86. The van der Waals surface area contributed by atoms with Crippen LogP contribution in [0.25, 0.3) is 54.8 Å². The molecule has 1 aliphatic rings. The summed E-state index contributed by atoms with van der Waals surface area (Å²) in [7, 11) is 0. The maximum atomic E-state index is 3.86. The highest BCUT2D eigenvalue weighted by Gasteiger charge is 2.36. The van der Waals surface area contributed by atoms with Crippen molar-refractivity contribution in [3.05, 3.63) is 119 Å². The molecule has 0 saturated heterocycles. The molecule has 6 aromatic rings. The largest absolute Gasteiger partial charge is 0.309 e. The van der Waals surface area contributed by atoms with Crippen LogP contribution in [0.3, 0.4) is 0 Å². The molecule has 0 fully saturated rings. The molecule has 2 aromatic heterocycles. The normalized spacial score (nSPS) is 14.2. The summed E-state index contributed by atoms with van der Waals surface area (Å²) in [5.74, 6) is 0. The second kappa shape index (κ2) is 7.56. The molecule has 0 bridgehead atoms. The Hall–Kier alpha value is -3.88. The van der Waals surface area contributed by atoms with Crippen LogP contribution in [0.1, 0.15) is 35.4 Å². The average Bonchev–Trinajstić information content (AvgIpc) is 3.46. The van der Waals surface area contributed by atoms with Crippen LogP contribution < -0.4 is 0 Å². The van der Waals surface area contributed by atoms with Crippen molar-refractivity contribution in [2.24, 2.45) is 0 Å². The smallest absolute Gasteiger partial charge is 0.0544 e. The zero-order valence-corrected chi connectivity index (χ0v) is 21.6. The monoisotopic (exact) mass is 481 g/mol. The third-order valence-corrected chi connectivity index (χ3v) is 9.03. The first-order chi connectivity index (χ1) is 17.5. The molecular weight excluding hydrogens is 454 g/mol. The van der Waals surface area contributed by atoms with Crippen molar-refractivity contribution in [3.63, 3.8) is 0 Å². The minimum atomic E-state index is -0.0293. The van der Waals surface area contributed by atoms with E-state index in [4.69, 9.17) is 0 Å². The topological polar surface area (TPSA) is 4.93 Å². The van der Waals surface area contributed by atoms with Crippen LogP contribution in [-0.2, 0) is 5.41 Å². The average molecular weight is 482 g/mol. The van der Waals surface area contributed by atoms with Gasteiger partial charge in [-0.05, 0) is 71.1 Å². The zero-order chi connectivity index (χ0) is 24.6. The van der Waals surface area contributed by atoms with E-state index < -0.39 is 0 Å². The molecule has 7 rings (SSSR count). The molecule has 0 radical (unpaired) electrons. The van der Waals surface area contributed by atoms with Gasteiger partial charge in [-0.25, -0.2) is 0 Å². The minimum Gasteiger partial charge on any atom is -0.309 e. The Kier molecular flexibility index (Phi) is 4.49. The Balaban J connectivity index is 1.56. The highest BCUT2D eigenvalue weighted by molar-refractivity contribution is 7.19. The molecule has 0 N–H and O–H groups in total. The standard InChI is InChI=1S/C34H27NS/c1-5-6-11-23-21(2)36-33-17-16-22(18-28(23)33)35-31-15-10-8-13-25(31)27-19-26-24-12-7-9-14-29(24)34(3,4)30(26)20-32(27)35/h5-20H,1H2,2-4H3/b11-6-. The van der Waals surface area contributed by atoms with Crippen LogP contribution in [0.5, 0.6) is 0 Å². The molecule has 0 spiro atoms. The fourth-order valence-electron chi connectivity index (χ4n) is 6.18. The van der Waals surface area contributed by atoms with Crippen LogP contribution in [-0.4, -0.2) is 4.57 Å². The van der Waals surface area contributed by atoms with Gasteiger partial charge in [0.25, 0.3) is 0 Å². The molecule has 0 saturated carbocycles. The lowest BCUT2D eigenvalue weighted by Gasteiger charge is -2.21. The van der Waals surface area contributed by atoms with Gasteiger partial charge in [0.05, 0.1) is 11.0 Å². The van der Waals surface area contributed by atoms with Gasteiger partial charge < -0.3 is 4.57 Å². The van der Waals surface area contributed by atoms with Gasteiger partial charge in [0.15, 0.2) is 0 Å². The summed E-state index contributed by atoms with van der Waals surface area (Å²) in [4.78, 5) is 1.33. The van der Waals surface area contributed by atoms with E-state index in [-0.39, 0.29) is 5.41 Å². The third-order valence-electron chi connectivity index (χ3n) is 7.93. The van der Waals surface area contributed by atoms with Crippen LogP contribution in [0.15, 0.2) is 97.6 Å². The lowest BCUT2D eigenvalue weighted by molar-refractivity contribution is 0.661. The number of aromatic nitrogens is 1. The van der Waals surface area contributed by atoms with Gasteiger partial charge in [0.1, 0.15) is 0 Å². The van der Waals surface area contributed by atoms with E-state index in [2.05, 4.69) is 117 Å². The third kappa shape index (κ3) is 2.82. The van der Waals surface area contributed by atoms with E-state index in [0.717, 1.165) is 0 Å². The lowest BCUT2D eigenvalue weighted by Crippen LogP contribution is -2.14.